The summed E-state index contributed by atoms with van der Waals surface area (Å²) in [5.74, 6) is -1.55. The molecule has 1 fully saturated rings. The molecule has 1 amide bonds. The zero-order chi connectivity index (χ0) is 45.1. The van der Waals surface area contributed by atoms with Crippen molar-refractivity contribution in [2.45, 2.75) is 119 Å². The number of hydrogen-bond donors (Lipinski definition) is 1. The third-order valence-electron chi connectivity index (χ3n) is 8.31. The van der Waals surface area contributed by atoms with Gasteiger partial charge in [-0.1, -0.05) is 0 Å². The summed E-state index contributed by atoms with van der Waals surface area (Å²) in [6.45, 7) is 25.9. The Morgan fingerprint density at radius 1 is 0.492 bits per heavy atom. The standard InChI is InChI=1S/C39H77N5O13P2/c1-14-51-58(49,52-15-2)36(59(50,53-16-3)54-17-4)18-19-40-32(45)28-41-20-22-42(29-33(46)55-37(5,6)7)24-26-44(31-35(48)57-39(11,12)13)27-25-43(23-21-41)30-34(47)56-38(8,9)10/h36H,14-31H2,1-13H3,(H,40,45). The van der Waals surface area contributed by atoms with Crippen LogP contribution in [0.25, 0.3) is 0 Å². The van der Waals surface area contributed by atoms with Gasteiger partial charge in [0.1, 0.15) is 16.8 Å². The molecule has 0 saturated carbocycles. The van der Waals surface area contributed by atoms with E-state index >= 15 is 0 Å². The molecule has 1 rings (SSSR count). The summed E-state index contributed by atoms with van der Waals surface area (Å²) >= 11 is 0. The number of hydrogen-bond acceptors (Lipinski definition) is 17. The maximum atomic E-state index is 14.0. The molecule has 0 bridgehead atoms. The van der Waals surface area contributed by atoms with Crippen molar-refractivity contribution in [3.8, 4) is 0 Å². The molecule has 0 unspecified atom stereocenters. The fourth-order valence-corrected chi connectivity index (χ4v) is 11.5. The normalized spacial score (nSPS) is 16.9. The third kappa shape index (κ3) is 23.7. The van der Waals surface area contributed by atoms with Crippen LogP contribution in [0.15, 0.2) is 0 Å². The highest BCUT2D eigenvalue weighted by Crippen LogP contribution is 2.71. The number of amides is 1. The summed E-state index contributed by atoms with van der Waals surface area (Å²) in [6.07, 6.45) is -0.0760. The van der Waals surface area contributed by atoms with E-state index in [1.54, 1.807) is 69.2 Å². The smallest absolute Gasteiger partial charge is 0.345 e. The maximum Gasteiger partial charge on any atom is 0.345 e. The summed E-state index contributed by atoms with van der Waals surface area (Å²) in [5.41, 5.74) is -2.05. The first-order valence-electron chi connectivity index (χ1n) is 20.9. The van der Waals surface area contributed by atoms with Gasteiger partial charge in [0.25, 0.3) is 0 Å². The van der Waals surface area contributed by atoms with Crippen LogP contribution in [0.3, 0.4) is 0 Å². The highest BCUT2D eigenvalue weighted by Gasteiger charge is 2.50. The lowest BCUT2D eigenvalue weighted by molar-refractivity contribution is -0.158. The summed E-state index contributed by atoms with van der Waals surface area (Å²) in [7, 11) is -8.02. The molecule has 1 aliphatic rings. The number of ether oxygens (including phenoxy) is 3. The maximum absolute atomic E-state index is 14.0. The van der Waals surface area contributed by atoms with E-state index in [9.17, 15) is 28.3 Å². The van der Waals surface area contributed by atoms with Gasteiger partial charge in [0, 0.05) is 58.9 Å². The van der Waals surface area contributed by atoms with Crippen molar-refractivity contribution in [2.75, 3.05) is 112 Å². The van der Waals surface area contributed by atoms with E-state index in [1.807, 2.05) is 40.4 Å². The number of esters is 3. The number of carbonyl (C=O) groups excluding carboxylic acids is 4. The molecule has 0 atom stereocenters. The monoisotopic (exact) mass is 885 g/mol. The molecule has 18 nitrogen and oxygen atoms in total. The Balaban J connectivity index is 3.39. The lowest BCUT2D eigenvalue weighted by Crippen LogP contribution is -2.50. The SMILES string of the molecule is CCOP(=O)(OCC)C(CCNC(=O)CN1CCN(CC(=O)OC(C)(C)C)CCN(CC(=O)OC(C)(C)C)CCN(CC(=O)OC(C)(C)C)CC1)P(=O)(OCC)OCC. The highest BCUT2D eigenvalue weighted by molar-refractivity contribution is 7.72. The minimum Gasteiger partial charge on any atom is -0.459 e. The molecule has 1 aliphatic heterocycles. The average Bonchev–Trinajstić information content (AvgIpc) is 3.05. The Morgan fingerprint density at radius 3 is 0.983 bits per heavy atom. The summed E-state index contributed by atoms with van der Waals surface area (Å²) in [6, 6.07) is 0. The van der Waals surface area contributed by atoms with Crippen molar-refractivity contribution in [2.24, 2.45) is 0 Å². The van der Waals surface area contributed by atoms with Gasteiger partial charge in [-0.15, -0.1) is 0 Å². The quantitative estimate of drug-likeness (QED) is 0.0955. The van der Waals surface area contributed by atoms with Crippen molar-refractivity contribution in [1.82, 2.24) is 24.9 Å². The Kier molecular flexibility index (Phi) is 24.1. The predicted octanol–water partition coefficient (Wildman–Crippen LogP) is 4.60. The van der Waals surface area contributed by atoms with Crippen LogP contribution in [-0.2, 0) is 60.6 Å². The van der Waals surface area contributed by atoms with E-state index in [2.05, 4.69) is 5.32 Å². The second kappa shape index (κ2) is 25.8. The fraction of sp³-hybridized carbons (Fsp3) is 0.897. The lowest BCUT2D eigenvalue weighted by atomic mass is 10.2. The molecule has 0 aromatic carbocycles. The largest absolute Gasteiger partial charge is 0.459 e. The van der Waals surface area contributed by atoms with E-state index in [0.717, 1.165) is 0 Å². The van der Waals surface area contributed by atoms with Crippen LogP contribution < -0.4 is 5.32 Å². The molecule has 1 saturated heterocycles. The van der Waals surface area contributed by atoms with Crippen molar-refractivity contribution < 1.29 is 60.6 Å². The van der Waals surface area contributed by atoms with Crippen LogP contribution in [0.2, 0.25) is 0 Å². The van der Waals surface area contributed by atoms with Crippen LogP contribution >= 0.6 is 15.2 Å². The van der Waals surface area contributed by atoms with Crippen LogP contribution in [0.1, 0.15) is 96.4 Å². The number of nitrogens with zero attached hydrogens (tertiary/aromatic N) is 4. The van der Waals surface area contributed by atoms with Gasteiger partial charge in [0.15, 0.2) is 5.40 Å². The molecular weight excluding hydrogens is 808 g/mol. The first kappa shape index (κ1) is 55.0. The molecule has 0 aromatic heterocycles. The predicted molar refractivity (Wildman–Crippen MR) is 226 cm³/mol. The van der Waals surface area contributed by atoms with E-state index in [-0.39, 0.29) is 77.4 Å². The fourth-order valence-electron chi connectivity index (χ4n) is 6.11. The van der Waals surface area contributed by atoms with Crippen molar-refractivity contribution in [3.05, 3.63) is 0 Å². The van der Waals surface area contributed by atoms with Gasteiger partial charge < -0.3 is 37.6 Å². The molecule has 1 N–H and O–H groups in total. The molecule has 59 heavy (non-hydrogen) atoms. The van der Waals surface area contributed by atoms with Crippen molar-refractivity contribution in [3.63, 3.8) is 0 Å². The second-order valence-corrected chi connectivity index (χ2v) is 22.1. The Labute approximate surface area is 354 Å². The van der Waals surface area contributed by atoms with Gasteiger partial charge in [0.05, 0.1) is 52.6 Å². The first-order valence-corrected chi connectivity index (χ1v) is 24.1. The number of carbonyl (C=O) groups is 4. The molecule has 346 valence electrons. The van der Waals surface area contributed by atoms with Gasteiger partial charge in [-0.3, -0.25) is 47.9 Å². The van der Waals surface area contributed by atoms with Gasteiger partial charge in [-0.2, -0.15) is 0 Å². The minimum atomic E-state index is -4.01. The topological polar surface area (TPSA) is 192 Å². The summed E-state index contributed by atoms with van der Waals surface area (Å²) < 4.78 is 67.1. The first-order chi connectivity index (χ1) is 27.3. The van der Waals surface area contributed by atoms with Crippen molar-refractivity contribution >= 4 is 39.0 Å². The van der Waals surface area contributed by atoms with Crippen LogP contribution in [0, 0.1) is 0 Å². The van der Waals surface area contributed by atoms with Gasteiger partial charge in [0.2, 0.25) is 5.91 Å². The van der Waals surface area contributed by atoms with E-state index in [4.69, 9.17) is 32.3 Å². The van der Waals surface area contributed by atoms with E-state index in [1.165, 1.54) is 0 Å². The van der Waals surface area contributed by atoms with Crippen LogP contribution in [-0.4, -0.2) is 177 Å². The third-order valence-corrected chi connectivity index (χ3v) is 14.5. The molecule has 0 aromatic rings. The van der Waals surface area contributed by atoms with E-state index in [0.29, 0.717) is 52.4 Å². The second-order valence-electron chi connectivity index (χ2n) is 17.2. The molecule has 0 radical (unpaired) electrons. The molecule has 0 aliphatic carbocycles. The van der Waals surface area contributed by atoms with Gasteiger partial charge >= 0.3 is 33.1 Å². The zero-order valence-corrected chi connectivity index (χ0v) is 40.1. The highest BCUT2D eigenvalue weighted by atomic mass is 31.2. The molecule has 0 spiro atoms. The van der Waals surface area contributed by atoms with E-state index < -0.39 is 49.3 Å². The Morgan fingerprint density at radius 2 is 0.746 bits per heavy atom. The Bertz CT molecular complexity index is 1300. The summed E-state index contributed by atoms with van der Waals surface area (Å²) in [4.78, 5) is 60.4. The molecule has 1 heterocycles. The van der Waals surface area contributed by atoms with Crippen molar-refractivity contribution in [1.29, 1.82) is 0 Å². The number of rotatable bonds is 21. The van der Waals surface area contributed by atoms with Crippen LogP contribution in [0.4, 0.5) is 0 Å². The molecular formula is C39H77N5O13P2. The minimum absolute atomic E-state index is 0.0107. The van der Waals surface area contributed by atoms with Crippen LogP contribution in [0.5, 0.6) is 0 Å². The summed E-state index contributed by atoms with van der Waals surface area (Å²) in [5, 5.41) is 1.58. The average molecular weight is 886 g/mol. The van der Waals surface area contributed by atoms with Gasteiger partial charge in [-0.25, -0.2) is 0 Å². The van der Waals surface area contributed by atoms with Gasteiger partial charge in [-0.05, 0) is 96.4 Å². The lowest BCUT2D eigenvalue weighted by Gasteiger charge is -2.34. The molecule has 20 heteroatoms. The zero-order valence-electron chi connectivity index (χ0n) is 38.3. The number of nitrogens with one attached hydrogen (secondary N) is 1. The Hall–Kier alpha value is -1.98.